The highest BCUT2D eigenvalue weighted by Crippen LogP contribution is 2.09. The highest BCUT2D eigenvalue weighted by Gasteiger charge is 2.11. The zero-order valence-corrected chi connectivity index (χ0v) is 9.78. The van der Waals surface area contributed by atoms with Gasteiger partial charge in [0.2, 0.25) is 5.91 Å². The molecule has 0 bridgehead atoms. The van der Waals surface area contributed by atoms with Crippen LogP contribution in [0.4, 0.5) is 0 Å². The van der Waals surface area contributed by atoms with E-state index in [0.717, 1.165) is 12.8 Å². The van der Waals surface area contributed by atoms with Gasteiger partial charge in [0.05, 0.1) is 0 Å². The number of carbonyl (C=O) groups is 1. The standard InChI is InChI=1S/C14H19NO/c1-3-11-15-14(16)12(2)9-10-13-7-5-4-6-8-13/h3-8,12H,1,9-11H2,2H3,(H,15,16)/t12-/m1/s1. The lowest BCUT2D eigenvalue weighted by atomic mass is 10.0. The lowest BCUT2D eigenvalue weighted by Crippen LogP contribution is -2.29. The lowest BCUT2D eigenvalue weighted by molar-refractivity contribution is -0.124. The molecule has 0 aromatic heterocycles. The Labute approximate surface area is 97.4 Å². The zero-order chi connectivity index (χ0) is 11.8. The Hall–Kier alpha value is -1.57. The van der Waals surface area contributed by atoms with Crippen LogP contribution in [0.15, 0.2) is 43.0 Å². The van der Waals surface area contributed by atoms with Gasteiger partial charge in [-0.3, -0.25) is 4.79 Å². The lowest BCUT2D eigenvalue weighted by Gasteiger charge is -2.10. The van der Waals surface area contributed by atoms with E-state index < -0.39 is 0 Å². The van der Waals surface area contributed by atoms with Crippen LogP contribution in [-0.4, -0.2) is 12.5 Å². The van der Waals surface area contributed by atoms with Crippen LogP contribution in [0.1, 0.15) is 18.9 Å². The number of benzene rings is 1. The van der Waals surface area contributed by atoms with Gasteiger partial charge in [0.15, 0.2) is 0 Å². The van der Waals surface area contributed by atoms with Crippen LogP contribution in [0, 0.1) is 5.92 Å². The summed E-state index contributed by atoms with van der Waals surface area (Å²) in [5.74, 6) is 0.163. The van der Waals surface area contributed by atoms with Gasteiger partial charge in [-0.1, -0.05) is 43.3 Å². The largest absolute Gasteiger partial charge is 0.352 e. The molecular weight excluding hydrogens is 198 g/mol. The van der Waals surface area contributed by atoms with Crippen LogP contribution < -0.4 is 5.32 Å². The van der Waals surface area contributed by atoms with E-state index in [1.807, 2.05) is 25.1 Å². The summed E-state index contributed by atoms with van der Waals surface area (Å²) in [6, 6.07) is 10.2. The van der Waals surface area contributed by atoms with Crippen LogP contribution >= 0.6 is 0 Å². The van der Waals surface area contributed by atoms with E-state index in [0.29, 0.717) is 6.54 Å². The molecule has 0 radical (unpaired) electrons. The van der Waals surface area contributed by atoms with Crippen LogP contribution in [0.5, 0.6) is 0 Å². The van der Waals surface area contributed by atoms with Gasteiger partial charge >= 0.3 is 0 Å². The third kappa shape index (κ3) is 4.30. The van der Waals surface area contributed by atoms with Crippen molar-refractivity contribution in [1.29, 1.82) is 0 Å². The number of amides is 1. The van der Waals surface area contributed by atoms with Gasteiger partial charge in [0.1, 0.15) is 0 Å². The summed E-state index contributed by atoms with van der Waals surface area (Å²) in [4.78, 5) is 11.6. The van der Waals surface area contributed by atoms with Gasteiger partial charge in [0, 0.05) is 12.5 Å². The molecule has 16 heavy (non-hydrogen) atoms. The summed E-state index contributed by atoms with van der Waals surface area (Å²) < 4.78 is 0. The van der Waals surface area contributed by atoms with Gasteiger partial charge < -0.3 is 5.32 Å². The summed E-state index contributed by atoms with van der Waals surface area (Å²) in [6.45, 7) is 6.08. The third-order valence-corrected chi connectivity index (χ3v) is 2.58. The number of nitrogens with one attached hydrogen (secondary N) is 1. The Kier molecular flexibility index (Phi) is 5.34. The van der Waals surface area contributed by atoms with Gasteiger partial charge in [-0.15, -0.1) is 6.58 Å². The minimum atomic E-state index is 0.0557. The molecule has 2 heteroatoms. The summed E-state index contributed by atoms with van der Waals surface area (Å²) >= 11 is 0. The minimum Gasteiger partial charge on any atom is -0.352 e. The first kappa shape index (κ1) is 12.5. The molecule has 1 aromatic rings. The zero-order valence-electron chi connectivity index (χ0n) is 9.78. The van der Waals surface area contributed by atoms with Gasteiger partial charge in [-0.2, -0.15) is 0 Å². The first-order valence-corrected chi connectivity index (χ1v) is 5.66. The second-order valence-electron chi connectivity index (χ2n) is 3.96. The maximum absolute atomic E-state index is 11.6. The summed E-state index contributed by atoms with van der Waals surface area (Å²) in [5.41, 5.74) is 1.28. The average Bonchev–Trinajstić information content (AvgIpc) is 2.34. The molecule has 2 nitrogen and oxygen atoms in total. The molecule has 0 aliphatic heterocycles. The smallest absolute Gasteiger partial charge is 0.223 e. The van der Waals surface area contributed by atoms with Crippen LogP contribution in [-0.2, 0) is 11.2 Å². The number of hydrogen-bond acceptors (Lipinski definition) is 1. The minimum absolute atomic E-state index is 0.0557. The number of carbonyl (C=O) groups excluding carboxylic acids is 1. The number of hydrogen-bond donors (Lipinski definition) is 1. The molecule has 0 unspecified atom stereocenters. The van der Waals surface area contributed by atoms with Crippen molar-refractivity contribution in [3.8, 4) is 0 Å². The highest BCUT2D eigenvalue weighted by molar-refractivity contribution is 5.78. The molecule has 0 spiro atoms. The molecule has 0 aliphatic rings. The average molecular weight is 217 g/mol. The van der Waals surface area contributed by atoms with Crippen molar-refractivity contribution in [3.05, 3.63) is 48.6 Å². The number of rotatable bonds is 6. The monoisotopic (exact) mass is 217 g/mol. The topological polar surface area (TPSA) is 29.1 Å². The van der Waals surface area contributed by atoms with E-state index in [9.17, 15) is 4.79 Å². The summed E-state index contributed by atoms with van der Waals surface area (Å²) in [6.07, 6.45) is 3.53. The Morgan fingerprint density at radius 1 is 1.44 bits per heavy atom. The summed E-state index contributed by atoms with van der Waals surface area (Å²) in [7, 11) is 0. The van der Waals surface area contributed by atoms with Crippen molar-refractivity contribution in [1.82, 2.24) is 5.32 Å². The van der Waals surface area contributed by atoms with Crippen molar-refractivity contribution in [2.45, 2.75) is 19.8 Å². The molecule has 1 amide bonds. The first-order valence-electron chi connectivity index (χ1n) is 5.66. The van der Waals surface area contributed by atoms with Crippen LogP contribution in [0.25, 0.3) is 0 Å². The normalized spacial score (nSPS) is 11.8. The maximum Gasteiger partial charge on any atom is 0.223 e. The molecule has 0 saturated heterocycles. The van der Waals surface area contributed by atoms with Crippen molar-refractivity contribution in [2.24, 2.45) is 5.92 Å². The fourth-order valence-corrected chi connectivity index (χ4v) is 1.51. The molecule has 0 heterocycles. The molecule has 1 atom stereocenters. The first-order chi connectivity index (χ1) is 7.74. The summed E-state index contributed by atoms with van der Waals surface area (Å²) in [5, 5.41) is 2.81. The number of aryl methyl sites for hydroxylation is 1. The van der Waals surface area contributed by atoms with Crippen molar-refractivity contribution < 1.29 is 4.79 Å². The van der Waals surface area contributed by atoms with E-state index in [2.05, 4.69) is 24.0 Å². The maximum atomic E-state index is 11.6. The molecule has 86 valence electrons. The SMILES string of the molecule is C=CCNC(=O)[C@H](C)CCc1ccccc1. The van der Waals surface area contributed by atoms with E-state index >= 15 is 0 Å². The molecular formula is C14H19NO. The van der Waals surface area contributed by atoms with Gasteiger partial charge in [-0.05, 0) is 18.4 Å². The van der Waals surface area contributed by atoms with E-state index in [-0.39, 0.29) is 11.8 Å². The highest BCUT2D eigenvalue weighted by atomic mass is 16.1. The Morgan fingerprint density at radius 3 is 2.75 bits per heavy atom. The quantitative estimate of drug-likeness (QED) is 0.729. The molecule has 0 aliphatic carbocycles. The van der Waals surface area contributed by atoms with E-state index in [1.165, 1.54) is 5.56 Å². The second-order valence-corrected chi connectivity index (χ2v) is 3.96. The molecule has 0 fully saturated rings. The third-order valence-electron chi connectivity index (χ3n) is 2.58. The molecule has 1 aromatic carbocycles. The van der Waals surface area contributed by atoms with Crippen molar-refractivity contribution in [2.75, 3.05) is 6.54 Å². The second kappa shape index (κ2) is 6.83. The molecule has 1 N–H and O–H groups in total. The Balaban J connectivity index is 2.32. The van der Waals surface area contributed by atoms with Crippen molar-refractivity contribution >= 4 is 5.91 Å². The van der Waals surface area contributed by atoms with Crippen molar-refractivity contribution in [3.63, 3.8) is 0 Å². The Bertz CT molecular complexity index is 332. The molecule has 0 saturated carbocycles. The van der Waals surface area contributed by atoms with Crippen LogP contribution in [0.2, 0.25) is 0 Å². The van der Waals surface area contributed by atoms with E-state index in [1.54, 1.807) is 6.08 Å². The fraction of sp³-hybridized carbons (Fsp3) is 0.357. The van der Waals surface area contributed by atoms with E-state index in [4.69, 9.17) is 0 Å². The predicted molar refractivity (Wildman–Crippen MR) is 67.1 cm³/mol. The van der Waals surface area contributed by atoms with Gasteiger partial charge in [-0.25, -0.2) is 0 Å². The Morgan fingerprint density at radius 2 is 2.12 bits per heavy atom. The van der Waals surface area contributed by atoms with Crippen LogP contribution in [0.3, 0.4) is 0 Å². The van der Waals surface area contributed by atoms with Gasteiger partial charge in [0.25, 0.3) is 0 Å². The fourth-order valence-electron chi connectivity index (χ4n) is 1.51. The molecule has 1 rings (SSSR count). The predicted octanol–water partition coefficient (Wildman–Crippen LogP) is 2.56.